The first-order valence-corrected chi connectivity index (χ1v) is 7.69. The number of carbonyl (C=O) groups excluding carboxylic acids is 1. The van der Waals surface area contributed by atoms with E-state index in [-0.39, 0.29) is 5.91 Å². The van der Waals surface area contributed by atoms with Crippen LogP contribution in [0.3, 0.4) is 0 Å². The molecule has 1 aliphatic heterocycles. The van der Waals surface area contributed by atoms with E-state index in [1.807, 2.05) is 73.6 Å². The van der Waals surface area contributed by atoms with E-state index in [1.54, 1.807) is 6.92 Å². The molecule has 122 valence electrons. The molecule has 0 N–H and O–H groups in total. The van der Waals surface area contributed by atoms with E-state index in [0.717, 1.165) is 17.1 Å². The van der Waals surface area contributed by atoms with Crippen molar-refractivity contribution >= 4 is 28.7 Å². The SMILES string of the molecule is CC1=NN(c2ccccc2)C(=O)[C@@H]1N=Nc1ccccc1N(C)C. The van der Waals surface area contributed by atoms with Gasteiger partial charge in [-0.3, -0.25) is 4.79 Å². The molecule has 0 aromatic heterocycles. The van der Waals surface area contributed by atoms with E-state index in [2.05, 4.69) is 15.3 Å². The second-order valence-corrected chi connectivity index (χ2v) is 5.73. The summed E-state index contributed by atoms with van der Waals surface area (Å²) in [6.07, 6.45) is 0. The molecular formula is C18H19N5O. The smallest absolute Gasteiger partial charge is 0.280 e. The van der Waals surface area contributed by atoms with Gasteiger partial charge < -0.3 is 4.90 Å². The maximum absolute atomic E-state index is 12.6. The molecule has 6 nitrogen and oxygen atoms in total. The van der Waals surface area contributed by atoms with Crippen LogP contribution in [0.4, 0.5) is 17.1 Å². The Bertz CT molecular complexity index is 798. The van der Waals surface area contributed by atoms with E-state index < -0.39 is 6.04 Å². The highest BCUT2D eigenvalue weighted by Crippen LogP contribution is 2.28. The van der Waals surface area contributed by atoms with E-state index >= 15 is 0 Å². The van der Waals surface area contributed by atoms with Gasteiger partial charge in [-0.15, -0.1) is 0 Å². The van der Waals surface area contributed by atoms with E-state index in [1.165, 1.54) is 5.01 Å². The normalized spacial score (nSPS) is 17.5. The molecule has 0 spiro atoms. The van der Waals surface area contributed by atoms with Gasteiger partial charge in [-0.2, -0.15) is 20.3 Å². The lowest BCUT2D eigenvalue weighted by Gasteiger charge is -2.14. The fourth-order valence-corrected chi connectivity index (χ4v) is 2.49. The number of hydrogen-bond donors (Lipinski definition) is 0. The second-order valence-electron chi connectivity index (χ2n) is 5.73. The van der Waals surface area contributed by atoms with Crippen LogP contribution in [0.2, 0.25) is 0 Å². The van der Waals surface area contributed by atoms with Gasteiger partial charge in [0.1, 0.15) is 5.69 Å². The number of hydrogen-bond acceptors (Lipinski definition) is 5. The van der Waals surface area contributed by atoms with Crippen LogP contribution < -0.4 is 9.91 Å². The second kappa shape index (κ2) is 6.62. The van der Waals surface area contributed by atoms with Crippen molar-refractivity contribution in [3.8, 4) is 0 Å². The minimum Gasteiger partial charge on any atom is -0.376 e. The third-order valence-electron chi connectivity index (χ3n) is 3.74. The van der Waals surface area contributed by atoms with Crippen LogP contribution in [-0.4, -0.2) is 31.8 Å². The van der Waals surface area contributed by atoms with Crippen LogP contribution in [0.5, 0.6) is 0 Å². The van der Waals surface area contributed by atoms with Crippen LogP contribution in [0.15, 0.2) is 69.9 Å². The number of hydrazone groups is 1. The average Bonchev–Trinajstić information content (AvgIpc) is 2.88. The number of benzene rings is 2. The molecule has 0 saturated heterocycles. The Morgan fingerprint density at radius 3 is 2.42 bits per heavy atom. The van der Waals surface area contributed by atoms with Crippen LogP contribution in [-0.2, 0) is 4.79 Å². The topological polar surface area (TPSA) is 60.6 Å². The Hall–Kier alpha value is -3.02. The minimum absolute atomic E-state index is 0.190. The zero-order valence-corrected chi connectivity index (χ0v) is 13.9. The summed E-state index contributed by atoms with van der Waals surface area (Å²) in [4.78, 5) is 14.6. The Labute approximate surface area is 141 Å². The number of rotatable bonds is 4. The molecule has 0 unspecified atom stereocenters. The summed E-state index contributed by atoms with van der Waals surface area (Å²) < 4.78 is 0. The quantitative estimate of drug-likeness (QED) is 0.807. The zero-order valence-electron chi connectivity index (χ0n) is 13.9. The number of carbonyl (C=O) groups is 1. The van der Waals surface area contributed by atoms with Crippen molar-refractivity contribution in [3.63, 3.8) is 0 Å². The van der Waals surface area contributed by atoms with Crippen LogP contribution >= 0.6 is 0 Å². The monoisotopic (exact) mass is 321 g/mol. The Morgan fingerprint density at radius 1 is 1.04 bits per heavy atom. The Morgan fingerprint density at radius 2 is 1.71 bits per heavy atom. The molecular weight excluding hydrogens is 302 g/mol. The van der Waals surface area contributed by atoms with Gasteiger partial charge in [0.05, 0.1) is 17.1 Å². The first kappa shape index (κ1) is 15.9. The van der Waals surface area contributed by atoms with Gasteiger partial charge >= 0.3 is 0 Å². The van der Waals surface area contributed by atoms with Gasteiger partial charge in [-0.05, 0) is 31.2 Å². The predicted octanol–water partition coefficient (Wildman–Crippen LogP) is 3.63. The van der Waals surface area contributed by atoms with Crippen LogP contribution in [0, 0.1) is 0 Å². The third kappa shape index (κ3) is 3.03. The van der Waals surface area contributed by atoms with Gasteiger partial charge in [0.25, 0.3) is 5.91 Å². The molecule has 0 saturated carbocycles. The minimum atomic E-state index is -0.680. The lowest BCUT2D eigenvalue weighted by atomic mass is 10.2. The highest BCUT2D eigenvalue weighted by molar-refractivity contribution is 6.18. The molecule has 2 aromatic carbocycles. The summed E-state index contributed by atoms with van der Waals surface area (Å²) in [7, 11) is 3.89. The van der Waals surface area contributed by atoms with Gasteiger partial charge in [0.15, 0.2) is 6.04 Å². The van der Waals surface area contributed by atoms with E-state index in [0.29, 0.717) is 5.71 Å². The van der Waals surface area contributed by atoms with Crippen LogP contribution in [0.1, 0.15) is 6.92 Å². The van der Waals surface area contributed by atoms with E-state index in [9.17, 15) is 4.79 Å². The summed E-state index contributed by atoms with van der Waals surface area (Å²) >= 11 is 0. The molecule has 1 heterocycles. The number of azo groups is 1. The lowest BCUT2D eigenvalue weighted by molar-refractivity contribution is -0.117. The Balaban J connectivity index is 1.84. The molecule has 2 aromatic rings. The van der Waals surface area contributed by atoms with Crippen molar-refractivity contribution in [3.05, 3.63) is 54.6 Å². The van der Waals surface area contributed by atoms with Gasteiger partial charge in [-0.25, -0.2) is 0 Å². The summed E-state index contributed by atoms with van der Waals surface area (Å²) in [5, 5.41) is 14.3. The predicted molar refractivity (Wildman–Crippen MR) is 96.1 cm³/mol. The van der Waals surface area contributed by atoms with Gasteiger partial charge in [0, 0.05) is 14.1 Å². The summed E-state index contributed by atoms with van der Waals surface area (Å²) in [6, 6.07) is 16.3. The highest BCUT2D eigenvalue weighted by atomic mass is 16.2. The maximum Gasteiger partial charge on any atom is 0.280 e. The van der Waals surface area contributed by atoms with Crippen molar-refractivity contribution in [1.29, 1.82) is 0 Å². The van der Waals surface area contributed by atoms with Crippen LogP contribution in [0.25, 0.3) is 0 Å². The summed E-state index contributed by atoms with van der Waals surface area (Å²) in [5.74, 6) is -0.190. The van der Waals surface area contributed by atoms with Crippen molar-refractivity contribution in [1.82, 2.24) is 0 Å². The van der Waals surface area contributed by atoms with Crippen molar-refractivity contribution in [2.45, 2.75) is 13.0 Å². The fraction of sp³-hybridized carbons (Fsp3) is 0.222. The summed E-state index contributed by atoms with van der Waals surface area (Å²) in [6.45, 7) is 1.79. The summed E-state index contributed by atoms with van der Waals surface area (Å²) in [5.41, 5.74) is 3.03. The molecule has 0 fully saturated rings. The molecule has 1 amide bonds. The number of para-hydroxylation sites is 2. The molecule has 0 aliphatic carbocycles. The molecule has 0 bridgehead atoms. The first-order valence-electron chi connectivity index (χ1n) is 7.69. The highest BCUT2D eigenvalue weighted by Gasteiger charge is 2.34. The average molecular weight is 321 g/mol. The van der Waals surface area contributed by atoms with Gasteiger partial charge in [-0.1, -0.05) is 30.3 Å². The Kier molecular flexibility index (Phi) is 4.37. The molecule has 6 heteroatoms. The van der Waals surface area contributed by atoms with E-state index in [4.69, 9.17) is 0 Å². The molecule has 3 rings (SSSR count). The van der Waals surface area contributed by atoms with Gasteiger partial charge in [0.2, 0.25) is 0 Å². The fourth-order valence-electron chi connectivity index (χ4n) is 2.49. The largest absolute Gasteiger partial charge is 0.376 e. The van der Waals surface area contributed by atoms with Crippen molar-refractivity contribution in [2.75, 3.05) is 24.0 Å². The molecule has 1 atom stereocenters. The third-order valence-corrected chi connectivity index (χ3v) is 3.74. The zero-order chi connectivity index (χ0) is 17.1. The molecule has 1 aliphatic rings. The molecule has 0 radical (unpaired) electrons. The molecule has 24 heavy (non-hydrogen) atoms. The van der Waals surface area contributed by atoms with Crippen molar-refractivity contribution < 1.29 is 4.79 Å². The standard InChI is InChI=1S/C18H19N5O/c1-13-17(18(24)23(21-13)14-9-5-4-6-10-14)20-19-15-11-7-8-12-16(15)22(2)3/h4-12,17H,1-3H3/t17-/m1/s1. The first-order chi connectivity index (χ1) is 11.6. The maximum atomic E-state index is 12.6. The van der Waals surface area contributed by atoms with Crippen molar-refractivity contribution in [2.24, 2.45) is 15.3 Å². The number of nitrogens with zero attached hydrogens (tertiary/aromatic N) is 5. The lowest BCUT2D eigenvalue weighted by Crippen LogP contribution is -2.29. The number of anilines is 2. The number of amides is 1.